The highest BCUT2D eigenvalue weighted by molar-refractivity contribution is 7.89. The monoisotopic (exact) mass is 264 g/mol. The highest BCUT2D eigenvalue weighted by Gasteiger charge is 2.25. The van der Waals surface area contributed by atoms with Crippen LogP contribution in [-0.2, 0) is 10.0 Å². The Hall–Kier alpha value is -0.805. The summed E-state index contributed by atoms with van der Waals surface area (Å²) in [5, 5.41) is 0. The maximum atomic E-state index is 12.1. The molecule has 3 nitrogen and oxygen atoms in total. The molecule has 0 bridgehead atoms. The van der Waals surface area contributed by atoms with Gasteiger partial charge in [0.25, 0.3) is 0 Å². The topological polar surface area (TPSA) is 46.2 Å². The maximum absolute atomic E-state index is 12.1. The highest BCUT2D eigenvalue weighted by atomic mass is 32.2. The minimum atomic E-state index is -3.37. The molecule has 2 rings (SSSR count). The van der Waals surface area contributed by atoms with Gasteiger partial charge in [0.05, 0.1) is 4.90 Å². The second-order valence-electron chi connectivity index (χ2n) is 4.86. The summed E-state index contributed by atoms with van der Waals surface area (Å²) in [6.45, 7) is 2.19. The lowest BCUT2D eigenvalue weighted by molar-refractivity contribution is 0.450. The van der Waals surface area contributed by atoms with Gasteiger partial charge in [0.1, 0.15) is 7.28 Å². The summed E-state index contributed by atoms with van der Waals surface area (Å²) >= 11 is 0. The molecule has 1 N–H and O–H groups in total. The van der Waals surface area contributed by atoms with E-state index in [1.165, 1.54) is 6.42 Å². The van der Waals surface area contributed by atoms with Crippen molar-refractivity contribution in [2.45, 2.75) is 43.3 Å². The fourth-order valence-corrected chi connectivity index (χ4v) is 3.62. The highest BCUT2D eigenvalue weighted by Crippen LogP contribution is 2.23. The van der Waals surface area contributed by atoms with Crippen molar-refractivity contribution in [3.05, 3.63) is 30.3 Å². The van der Waals surface area contributed by atoms with Crippen molar-refractivity contribution < 1.29 is 8.42 Å². The van der Waals surface area contributed by atoms with Gasteiger partial charge in [-0.05, 0) is 30.4 Å². The van der Waals surface area contributed by atoms with Crippen LogP contribution in [0.25, 0.3) is 0 Å². The normalized spacial score (nSPS) is 24.5. The Labute approximate surface area is 110 Å². The van der Waals surface area contributed by atoms with Crippen LogP contribution in [0.15, 0.2) is 35.2 Å². The van der Waals surface area contributed by atoms with E-state index in [0.29, 0.717) is 4.90 Å². The fraction of sp³-hybridized carbons (Fsp3) is 0.538. The zero-order valence-corrected chi connectivity index (χ0v) is 11.5. The number of rotatable bonds is 4. The minimum absolute atomic E-state index is 0.0157. The quantitative estimate of drug-likeness (QED) is 0.848. The summed E-state index contributed by atoms with van der Waals surface area (Å²) < 4.78 is 27.0. The van der Waals surface area contributed by atoms with Gasteiger partial charge in [0.2, 0.25) is 10.0 Å². The van der Waals surface area contributed by atoms with Gasteiger partial charge >= 0.3 is 0 Å². The van der Waals surface area contributed by atoms with Gasteiger partial charge in [-0.25, -0.2) is 13.1 Å². The van der Waals surface area contributed by atoms with Crippen molar-refractivity contribution in [2.75, 3.05) is 0 Å². The van der Waals surface area contributed by atoms with Crippen LogP contribution in [0.5, 0.6) is 0 Å². The van der Waals surface area contributed by atoms with Crippen LogP contribution in [0.3, 0.4) is 0 Å². The van der Waals surface area contributed by atoms with Crippen molar-refractivity contribution in [1.82, 2.24) is 4.72 Å². The SMILES string of the molecule is CCC1C[B]C(NS(=O)(=O)c2ccccc2)CC1. The van der Waals surface area contributed by atoms with E-state index in [1.54, 1.807) is 24.3 Å². The van der Waals surface area contributed by atoms with Gasteiger partial charge in [-0.1, -0.05) is 44.3 Å². The predicted molar refractivity (Wildman–Crippen MR) is 74.1 cm³/mol. The number of hydrogen-bond donors (Lipinski definition) is 1. The Kier molecular flexibility index (Phi) is 4.46. The molecule has 2 atom stereocenters. The summed E-state index contributed by atoms with van der Waals surface area (Å²) in [6, 6.07) is 8.55. The Bertz CT molecular complexity index is 467. The molecule has 1 aromatic carbocycles. The summed E-state index contributed by atoms with van der Waals surface area (Å²) in [5.41, 5.74) is 0. The van der Waals surface area contributed by atoms with E-state index in [0.717, 1.165) is 25.1 Å². The van der Waals surface area contributed by atoms with E-state index in [9.17, 15) is 8.42 Å². The lowest BCUT2D eigenvalue weighted by Crippen LogP contribution is -2.42. The van der Waals surface area contributed by atoms with Crippen molar-refractivity contribution in [3.63, 3.8) is 0 Å². The van der Waals surface area contributed by atoms with E-state index in [-0.39, 0.29) is 5.94 Å². The van der Waals surface area contributed by atoms with E-state index >= 15 is 0 Å². The standard InChI is InChI=1S/C13H19BNO2S/c1-2-11-8-9-13(14-10-11)15-18(16,17)12-6-4-3-5-7-12/h3-7,11,13,15H,2,8-10H2,1H3. The molecule has 0 aromatic heterocycles. The van der Waals surface area contributed by atoms with E-state index < -0.39 is 10.0 Å². The first kappa shape index (κ1) is 13.6. The first-order chi connectivity index (χ1) is 8.62. The molecule has 1 radical (unpaired) electrons. The second-order valence-corrected chi connectivity index (χ2v) is 6.58. The van der Waals surface area contributed by atoms with Gasteiger partial charge in [0, 0.05) is 0 Å². The molecule has 1 aliphatic heterocycles. The maximum Gasteiger partial charge on any atom is 0.240 e. The molecule has 1 aliphatic rings. The zero-order chi connectivity index (χ0) is 13.0. The predicted octanol–water partition coefficient (Wildman–Crippen LogP) is 2.23. The summed E-state index contributed by atoms with van der Waals surface area (Å²) in [7, 11) is -1.26. The molecule has 0 aliphatic carbocycles. The van der Waals surface area contributed by atoms with E-state index in [1.807, 2.05) is 6.07 Å². The number of benzene rings is 1. The largest absolute Gasteiger partial charge is 0.240 e. The van der Waals surface area contributed by atoms with Crippen LogP contribution in [0, 0.1) is 5.92 Å². The molecule has 1 saturated heterocycles. The van der Waals surface area contributed by atoms with Gasteiger partial charge in [-0.2, -0.15) is 0 Å². The van der Waals surface area contributed by atoms with Crippen LogP contribution in [0.4, 0.5) is 0 Å². The lowest BCUT2D eigenvalue weighted by Gasteiger charge is -2.27. The number of hydrogen-bond acceptors (Lipinski definition) is 2. The Balaban J connectivity index is 1.98. The van der Waals surface area contributed by atoms with Gasteiger partial charge in [0.15, 0.2) is 0 Å². The number of nitrogens with one attached hydrogen (secondary N) is 1. The molecular formula is C13H19BNO2S. The van der Waals surface area contributed by atoms with Crippen LogP contribution in [-0.4, -0.2) is 21.6 Å². The van der Waals surface area contributed by atoms with Crippen molar-refractivity contribution in [2.24, 2.45) is 5.92 Å². The fourth-order valence-electron chi connectivity index (χ4n) is 2.35. The molecule has 0 amide bonds. The summed E-state index contributed by atoms with van der Waals surface area (Å²) in [4.78, 5) is 0.344. The van der Waals surface area contributed by atoms with Crippen LogP contribution < -0.4 is 4.72 Å². The van der Waals surface area contributed by atoms with Crippen molar-refractivity contribution in [3.8, 4) is 0 Å². The average molecular weight is 264 g/mol. The third-order valence-corrected chi connectivity index (χ3v) is 5.08. The van der Waals surface area contributed by atoms with Crippen LogP contribution >= 0.6 is 0 Å². The second kappa shape index (κ2) is 5.89. The minimum Gasteiger partial charge on any atom is -0.216 e. The Morgan fingerprint density at radius 1 is 1.28 bits per heavy atom. The third kappa shape index (κ3) is 3.36. The Morgan fingerprint density at radius 2 is 2.00 bits per heavy atom. The molecule has 2 unspecified atom stereocenters. The first-order valence-electron chi connectivity index (χ1n) is 6.52. The molecule has 1 aromatic rings. The molecular weight excluding hydrogens is 245 g/mol. The molecule has 0 spiro atoms. The smallest absolute Gasteiger partial charge is 0.216 e. The van der Waals surface area contributed by atoms with Gasteiger partial charge < -0.3 is 0 Å². The molecule has 1 fully saturated rings. The van der Waals surface area contributed by atoms with Gasteiger partial charge in [-0.15, -0.1) is 0 Å². The van der Waals surface area contributed by atoms with Crippen molar-refractivity contribution >= 4 is 17.3 Å². The Morgan fingerprint density at radius 3 is 2.56 bits per heavy atom. The molecule has 1 heterocycles. The summed E-state index contributed by atoms with van der Waals surface area (Å²) in [5.74, 6) is 0.709. The molecule has 97 valence electrons. The lowest BCUT2D eigenvalue weighted by atomic mass is 9.56. The number of sulfonamides is 1. The molecule has 5 heteroatoms. The first-order valence-corrected chi connectivity index (χ1v) is 8.01. The van der Waals surface area contributed by atoms with Crippen LogP contribution in [0.1, 0.15) is 26.2 Å². The molecule has 18 heavy (non-hydrogen) atoms. The van der Waals surface area contributed by atoms with E-state index in [2.05, 4.69) is 18.9 Å². The average Bonchev–Trinajstić information content (AvgIpc) is 2.40. The van der Waals surface area contributed by atoms with Gasteiger partial charge in [-0.3, -0.25) is 0 Å². The molecule has 0 saturated carbocycles. The van der Waals surface area contributed by atoms with Crippen molar-refractivity contribution in [1.29, 1.82) is 0 Å². The zero-order valence-electron chi connectivity index (χ0n) is 10.7. The van der Waals surface area contributed by atoms with E-state index in [4.69, 9.17) is 0 Å². The summed E-state index contributed by atoms with van der Waals surface area (Å²) in [6.07, 6.45) is 4.20. The third-order valence-electron chi connectivity index (χ3n) is 3.58. The van der Waals surface area contributed by atoms with Crippen LogP contribution in [0.2, 0.25) is 6.32 Å².